The number of fused-ring (bicyclic) bond motifs is 1. The number of hydrogen-bond acceptors (Lipinski definition) is 2. The molecule has 2 unspecified atom stereocenters. The summed E-state index contributed by atoms with van der Waals surface area (Å²) in [6, 6.07) is 9.33. The van der Waals surface area contributed by atoms with E-state index in [2.05, 4.69) is 11.9 Å². The molecule has 4 rings (SSSR count). The van der Waals surface area contributed by atoms with E-state index in [1.54, 1.807) is 24.3 Å². The Balaban J connectivity index is 1.49. The van der Waals surface area contributed by atoms with Crippen LogP contribution in [0.1, 0.15) is 62.7 Å². The molecule has 0 spiro atoms. The van der Waals surface area contributed by atoms with Gasteiger partial charge < -0.3 is 4.74 Å². The Labute approximate surface area is 201 Å². The van der Waals surface area contributed by atoms with E-state index in [0.717, 1.165) is 37.0 Å². The monoisotopic (exact) mass is 487 g/mol. The second-order valence-corrected chi connectivity index (χ2v) is 8.97. The lowest BCUT2D eigenvalue weighted by Gasteiger charge is -2.29. The summed E-state index contributed by atoms with van der Waals surface area (Å²) in [5.74, 6) is 0.834. The topological polar surface area (TPSA) is 22.1 Å². The Morgan fingerprint density at radius 2 is 1.89 bits per heavy atom. The minimum absolute atomic E-state index is 0.00926. The van der Waals surface area contributed by atoms with Gasteiger partial charge in [-0.1, -0.05) is 50.3 Å². The van der Waals surface area contributed by atoms with Gasteiger partial charge in [0.05, 0.1) is 24.0 Å². The number of rotatable bonds is 6. The maximum atomic E-state index is 14.7. The molecule has 2 atom stereocenters. The molecule has 0 aliphatic carbocycles. The Hall–Kier alpha value is -2.98. The van der Waals surface area contributed by atoms with Gasteiger partial charge >= 0.3 is 6.18 Å². The smallest absolute Gasteiger partial charge is 0.373 e. The summed E-state index contributed by atoms with van der Waals surface area (Å²) in [6.45, 7) is 2.96. The lowest BCUT2D eigenvalue weighted by Crippen LogP contribution is -2.20. The zero-order chi connectivity index (χ0) is 25.0. The quantitative estimate of drug-likeness (QED) is 0.199. The fourth-order valence-electron chi connectivity index (χ4n) is 4.48. The molecule has 1 aliphatic rings. The third-order valence-electron chi connectivity index (χ3n) is 6.40. The third-order valence-corrected chi connectivity index (χ3v) is 6.40. The first-order valence-corrected chi connectivity index (χ1v) is 11.8. The van der Waals surface area contributed by atoms with Crippen LogP contribution in [0.4, 0.5) is 22.0 Å². The van der Waals surface area contributed by atoms with Crippen molar-refractivity contribution in [3.63, 3.8) is 0 Å². The molecule has 2 heterocycles. The van der Waals surface area contributed by atoms with Gasteiger partial charge in [0.25, 0.3) is 0 Å². The lowest BCUT2D eigenvalue weighted by atomic mass is 9.91. The molecule has 184 valence electrons. The van der Waals surface area contributed by atoms with Crippen LogP contribution in [0.15, 0.2) is 42.6 Å². The summed E-state index contributed by atoms with van der Waals surface area (Å²) in [7, 11) is 0. The molecule has 1 saturated heterocycles. The van der Waals surface area contributed by atoms with Gasteiger partial charge in [-0.05, 0) is 54.3 Å². The molecule has 0 bridgehead atoms. The number of halogens is 5. The van der Waals surface area contributed by atoms with Crippen LogP contribution < -0.4 is 0 Å². The lowest BCUT2D eigenvalue weighted by molar-refractivity contribution is -0.0696. The van der Waals surface area contributed by atoms with Crippen LogP contribution in [-0.2, 0) is 4.74 Å². The van der Waals surface area contributed by atoms with Crippen molar-refractivity contribution in [2.45, 2.75) is 57.7 Å². The first kappa shape index (κ1) is 25.1. The van der Waals surface area contributed by atoms with Crippen LogP contribution >= 0.6 is 0 Å². The van der Waals surface area contributed by atoms with Crippen molar-refractivity contribution in [1.82, 2.24) is 4.98 Å². The molecule has 1 aromatic heterocycles. The molecular weight excluding hydrogens is 461 g/mol. The summed E-state index contributed by atoms with van der Waals surface area (Å²) >= 11 is 0. The van der Waals surface area contributed by atoms with Crippen molar-refractivity contribution >= 4 is 10.8 Å². The minimum Gasteiger partial charge on any atom is -0.373 e. The van der Waals surface area contributed by atoms with Crippen LogP contribution in [0, 0.1) is 29.4 Å². The molecule has 1 aliphatic heterocycles. The molecule has 0 N–H and O–H groups in total. The van der Waals surface area contributed by atoms with E-state index >= 15 is 0 Å². The molecule has 35 heavy (non-hydrogen) atoms. The van der Waals surface area contributed by atoms with E-state index in [1.807, 2.05) is 12.1 Å². The summed E-state index contributed by atoms with van der Waals surface area (Å²) in [4.78, 5) is 4.51. The Bertz CT molecular complexity index is 1230. The van der Waals surface area contributed by atoms with Crippen molar-refractivity contribution < 1.29 is 26.7 Å². The van der Waals surface area contributed by atoms with Gasteiger partial charge in [0.2, 0.25) is 0 Å². The van der Waals surface area contributed by atoms with E-state index in [1.165, 1.54) is 31.7 Å². The van der Waals surface area contributed by atoms with Gasteiger partial charge in [0.1, 0.15) is 11.6 Å². The fraction of sp³-hybridized carbons (Fsp3) is 0.393. The Morgan fingerprint density at radius 3 is 2.54 bits per heavy atom. The third kappa shape index (κ3) is 6.18. The molecule has 7 heteroatoms. The molecule has 3 aromatic rings. The summed E-state index contributed by atoms with van der Waals surface area (Å²) in [5.41, 5.74) is 1.35. The maximum Gasteiger partial charge on any atom is 0.458 e. The number of alkyl halides is 3. The van der Waals surface area contributed by atoms with E-state index in [4.69, 9.17) is 4.74 Å². The van der Waals surface area contributed by atoms with Gasteiger partial charge in [0.15, 0.2) is 0 Å². The number of ether oxygens (including phenoxy) is 1. The van der Waals surface area contributed by atoms with Crippen LogP contribution in [0.3, 0.4) is 0 Å². The highest BCUT2D eigenvalue weighted by Crippen LogP contribution is 2.34. The van der Waals surface area contributed by atoms with Crippen LogP contribution in [0.2, 0.25) is 0 Å². The first-order valence-electron chi connectivity index (χ1n) is 11.8. The molecule has 2 aromatic carbocycles. The van der Waals surface area contributed by atoms with Crippen LogP contribution in [0.5, 0.6) is 0 Å². The number of hydrogen-bond donors (Lipinski definition) is 0. The average Bonchev–Trinajstić information content (AvgIpc) is 2.83. The molecule has 0 amide bonds. The van der Waals surface area contributed by atoms with E-state index < -0.39 is 23.4 Å². The number of aromatic nitrogens is 1. The highest BCUT2D eigenvalue weighted by Gasteiger charge is 2.24. The highest BCUT2D eigenvalue weighted by atomic mass is 19.4. The van der Waals surface area contributed by atoms with Crippen LogP contribution in [-0.4, -0.2) is 17.8 Å². The maximum absolute atomic E-state index is 14.7. The number of unbranched alkanes of at least 4 members (excludes halogenated alkanes) is 2. The van der Waals surface area contributed by atoms with Crippen molar-refractivity contribution in [2.75, 3.05) is 6.61 Å². The van der Waals surface area contributed by atoms with Gasteiger partial charge in [-0.15, -0.1) is 0 Å². The van der Waals surface area contributed by atoms with Gasteiger partial charge in [0, 0.05) is 23.1 Å². The molecule has 0 radical (unpaired) electrons. The molecular formula is C28H26F5NO. The average molecular weight is 488 g/mol. The fourth-order valence-corrected chi connectivity index (χ4v) is 4.48. The first-order chi connectivity index (χ1) is 16.7. The largest absolute Gasteiger partial charge is 0.458 e. The van der Waals surface area contributed by atoms with E-state index in [-0.39, 0.29) is 16.9 Å². The summed E-state index contributed by atoms with van der Waals surface area (Å²) < 4.78 is 72.1. The van der Waals surface area contributed by atoms with Crippen molar-refractivity contribution in [1.29, 1.82) is 0 Å². The zero-order valence-electron chi connectivity index (χ0n) is 19.4. The number of nitrogens with zero attached hydrogens (tertiary/aromatic N) is 1. The van der Waals surface area contributed by atoms with Gasteiger partial charge in [-0.2, -0.15) is 13.2 Å². The van der Waals surface area contributed by atoms with Crippen molar-refractivity contribution in [3.8, 4) is 23.1 Å². The highest BCUT2D eigenvalue weighted by molar-refractivity contribution is 5.88. The second-order valence-electron chi connectivity index (χ2n) is 8.97. The normalized spacial score (nSPS) is 18.3. The Morgan fingerprint density at radius 1 is 1.06 bits per heavy atom. The summed E-state index contributed by atoms with van der Waals surface area (Å²) in [6.07, 6.45) is 3.94. The van der Waals surface area contributed by atoms with Crippen molar-refractivity contribution in [3.05, 3.63) is 65.4 Å². The predicted octanol–water partition coefficient (Wildman–Crippen LogP) is 8.14. The molecule has 2 nitrogen and oxygen atoms in total. The van der Waals surface area contributed by atoms with E-state index in [9.17, 15) is 22.0 Å². The second kappa shape index (κ2) is 10.7. The van der Waals surface area contributed by atoms with Crippen molar-refractivity contribution in [2.24, 2.45) is 5.92 Å². The molecule has 0 saturated carbocycles. The predicted molar refractivity (Wildman–Crippen MR) is 126 cm³/mol. The Kier molecular flexibility index (Phi) is 7.71. The standard InChI is InChI=1S/C28H26F5NO/c1-2-3-4-5-18-6-11-26(35-17-18)20-8-10-25(34-16-20)19-7-9-22-21(14-19)15-24(29)23(27(22)30)12-13-28(31,32)33/h7-10,14-16,18,26H,2-6,11,17H2,1H3. The van der Waals surface area contributed by atoms with Crippen LogP contribution in [0.25, 0.3) is 22.0 Å². The minimum atomic E-state index is -4.84. The summed E-state index contributed by atoms with van der Waals surface area (Å²) in [5, 5.41) is 0.202. The molecule has 1 fully saturated rings. The van der Waals surface area contributed by atoms with Gasteiger partial charge in [-0.3, -0.25) is 4.98 Å². The number of benzene rings is 2. The zero-order valence-corrected chi connectivity index (χ0v) is 19.4. The van der Waals surface area contributed by atoms with E-state index in [0.29, 0.717) is 17.2 Å². The SMILES string of the molecule is CCCCCC1CCC(c2ccc(-c3ccc4c(F)c(C#CC(F)(F)F)c(F)cc4c3)nc2)OC1. The number of pyridine rings is 1. The van der Waals surface area contributed by atoms with Gasteiger partial charge in [-0.25, -0.2) is 8.78 Å².